The fourth-order valence-corrected chi connectivity index (χ4v) is 1.37. The molecule has 1 aromatic carbocycles. The van der Waals surface area contributed by atoms with Gasteiger partial charge in [-0.25, -0.2) is 0 Å². The highest BCUT2D eigenvalue weighted by molar-refractivity contribution is 5.98. The minimum absolute atomic E-state index is 0.0244. The number of para-hydroxylation sites is 1. The molecule has 2 aromatic rings. The second-order valence-electron chi connectivity index (χ2n) is 3.10. The van der Waals surface area contributed by atoms with Gasteiger partial charge in [-0.05, 0) is 19.2 Å². The largest absolute Gasteiger partial charge is 0.453 e. The van der Waals surface area contributed by atoms with Crippen LogP contribution < -0.4 is 5.32 Å². The number of furan rings is 1. The highest BCUT2D eigenvalue weighted by Crippen LogP contribution is 2.18. The van der Waals surface area contributed by atoms with E-state index in [-0.39, 0.29) is 5.78 Å². The molecule has 1 heterocycles. The third-order valence-corrected chi connectivity index (χ3v) is 2.04. The summed E-state index contributed by atoms with van der Waals surface area (Å²) < 4.78 is 5.39. The van der Waals surface area contributed by atoms with Crippen LogP contribution in [0.15, 0.2) is 34.7 Å². The molecule has 0 saturated heterocycles. The summed E-state index contributed by atoms with van der Waals surface area (Å²) in [6.45, 7) is 0.305. The van der Waals surface area contributed by atoms with Crippen LogP contribution in [0, 0.1) is 0 Å². The maximum atomic E-state index is 11.5. The van der Waals surface area contributed by atoms with Gasteiger partial charge in [0, 0.05) is 5.39 Å². The maximum absolute atomic E-state index is 11.5. The first kappa shape index (κ1) is 8.97. The molecular weight excluding hydrogens is 178 g/mol. The molecule has 0 aliphatic heterocycles. The van der Waals surface area contributed by atoms with Crippen LogP contribution in [0.1, 0.15) is 10.6 Å². The molecule has 0 amide bonds. The molecule has 3 heteroatoms. The van der Waals surface area contributed by atoms with E-state index in [0.29, 0.717) is 12.3 Å². The van der Waals surface area contributed by atoms with Gasteiger partial charge in [0.1, 0.15) is 5.58 Å². The SMILES string of the molecule is CNCC(=O)c1cc2ccccc2o1. The average molecular weight is 189 g/mol. The molecule has 72 valence electrons. The zero-order valence-electron chi connectivity index (χ0n) is 7.91. The maximum Gasteiger partial charge on any atom is 0.211 e. The quantitative estimate of drug-likeness (QED) is 0.749. The number of likely N-dealkylation sites (N-methyl/N-ethyl adjacent to an activating group) is 1. The fraction of sp³-hybridized carbons (Fsp3) is 0.182. The standard InChI is InChI=1S/C11H11NO2/c1-12-7-9(13)11-6-8-4-2-3-5-10(8)14-11/h2-6,12H,7H2,1H3. The molecule has 1 aromatic heterocycles. The average Bonchev–Trinajstić information content (AvgIpc) is 2.61. The Bertz CT molecular complexity index is 426. The summed E-state index contributed by atoms with van der Waals surface area (Å²) in [6.07, 6.45) is 0. The number of hydrogen-bond donors (Lipinski definition) is 1. The van der Waals surface area contributed by atoms with E-state index >= 15 is 0 Å². The van der Waals surface area contributed by atoms with Crippen LogP contribution in [-0.4, -0.2) is 19.4 Å². The molecule has 0 aliphatic rings. The Morgan fingerprint density at radius 3 is 2.93 bits per heavy atom. The Balaban J connectivity index is 2.40. The lowest BCUT2D eigenvalue weighted by Crippen LogP contribution is -2.17. The zero-order valence-corrected chi connectivity index (χ0v) is 7.91. The fourth-order valence-electron chi connectivity index (χ4n) is 1.37. The number of ketones is 1. The van der Waals surface area contributed by atoms with Crippen molar-refractivity contribution in [2.24, 2.45) is 0 Å². The number of Topliss-reactive ketones (excluding diaryl/α,β-unsaturated/α-hetero) is 1. The lowest BCUT2D eigenvalue weighted by molar-refractivity contribution is 0.0969. The molecule has 1 N–H and O–H groups in total. The number of hydrogen-bond acceptors (Lipinski definition) is 3. The lowest BCUT2D eigenvalue weighted by Gasteiger charge is -1.92. The van der Waals surface area contributed by atoms with E-state index in [4.69, 9.17) is 4.42 Å². The van der Waals surface area contributed by atoms with Crippen molar-refractivity contribution in [1.82, 2.24) is 5.32 Å². The smallest absolute Gasteiger partial charge is 0.211 e. The van der Waals surface area contributed by atoms with Crippen LogP contribution in [-0.2, 0) is 0 Å². The van der Waals surface area contributed by atoms with Gasteiger partial charge >= 0.3 is 0 Å². The predicted molar refractivity (Wildman–Crippen MR) is 54.5 cm³/mol. The number of rotatable bonds is 3. The highest BCUT2D eigenvalue weighted by Gasteiger charge is 2.10. The summed E-state index contributed by atoms with van der Waals surface area (Å²) in [5, 5.41) is 3.77. The number of benzene rings is 1. The minimum atomic E-state index is -0.0244. The molecule has 14 heavy (non-hydrogen) atoms. The molecule has 0 atom stereocenters. The van der Waals surface area contributed by atoms with Gasteiger partial charge < -0.3 is 9.73 Å². The summed E-state index contributed by atoms with van der Waals surface area (Å²) in [4.78, 5) is 11.5. The second-order valence-corrected chi connectivity index (χ2v) is 3.10. The van der Waals surface area contributed by atoms with E-state index in [2.05, 4.69) is 5.32 Å². The van der Waals surface area contributed by atoms with E-state index in [0.717, 1.165) is 11.0 Å². The van der Waals surface area contributed by atoms with Crippen LogP contribution in [0.4, 0.5) is 0 Å². The van der Waals surface area contributed by atoms with Crippen molar-refractivity contribution >= 4 is 16.8 Å². The number of carbonyl (C=O) groups excluding carboxylic acids is 1. The first-order valence-electron chi connectivity index (χ1n) is 4.47. The van der Waals surface area contributed by atoms with Crippen molar-refractivity contribution in [3.05, 3.63) is 36.1 Å². The van der Waals surface area contributed by atoms with Gasteiger partial charge in [-0.3, -0.25) is 4.79 Å². The lowest BCUT2D eigenvalue weighted by atomic mass is 10.2. The van der Waals surface area contributed by atoms with Gasteiger partial charge in [0.2, 0.25) is 5.78 Å². The topological polar surface area (TPSA) is 42.2 Å². The van der Waals surface area contributed by atoms with Crippen molar-refractivity contribution in [2.45, 2.75) is 0 Å². The van der Waals surface area contributed by atoms with Gasteiger partial charge in [0.25, 0.3) is 0 Å². The van der Waals surface area contributed by atoms with E-state index in [1.807, 2.05) is 24.3 Å². The first-order chi connectivity index (χ1) is 6.81. The van der Waals surface area contributed by atoms with Crippen molar-refractivity contribution in [2.75, 3.05) is 13.6 Å². The van der Waals surface area contributed by atoms with Gasteiger partial charge in [-0.15, -0.1) is 0 Å². The van der Waals surface area contributed by atoms with Crippen LogP contribution >= 0.6 is 0 Å². The van der Waals surface area contributed by atoms with Crippen LogP contribution in [0.3, 0.4) is 0 Å². The Morgan fingerprint density at radius 2 is 2.21 bits per heavy atom. The predicted octanol–water partition coefficient (Wildman–Crippen LogP) is 1.83. The third-order valence-electron chi connectivity index (χ3n) is 2.04. The molecule has 2 rings (SSSR count). The molecule has 0 bridgehead atoms. The van der Waals surface area contributed by atoms with Gasteiger partial charge in [0.15, 0.2) is 5.76 Å². The van der Waals surface area contributed by atoms with E-state index < -0.39 is 0 Å². The van der Waals surface area contributed by atoms with Crippen molar-refractivity contribution in [3.63, 3.8) is 0 Å². The molecule has 0 aliphatic carbocycles. The summed E-state index contributed by atoms with van der Waals surface area (Å²) in [6, 6.07) is 9.36. The van der Waals surface area contributed by atoms with E-state index in [9.17, 15) is 4.79 Å². The molecule has 3 nitrogen and oxygen atoms in total. The molecule has 0 radical (unpaired) electrons. The van der Waals surface area contributed by atoms with Gasteiger partial charge in [0.05, 0.1) is 6.54 Å². The van der Waals surface area contributed by atoms with Gasteiger partial charge in [-0.2, -0.15) is 0 Å². The normalized spacial score (nSPS) is 10.6. The summed E-state index contributed by atoms with van der Waals surface area (Å²) in [7, 11) is 1.74. The third kappa shape index (κ3) is 1.54. The molecule has 0 saturated carbocycles. The summed E-state index contributed by atoms with van der Waals surface area (Å²) in [5.41, 5.74) is 0.756. The van der Waals surface area contributed by atoms with E-state index in [1.54, 1.807) is 13.1 Å². The van der Waals surface area contributed by atoms with Crippen molar-refractivity contribution in [1.29, 1.82) is 0 Å². The highest BCUT2D eigenvalue weighted by atomic mass is 16.3. The molecule has 0 unspecified atom stereocenters. The van der Waals surface area contributed by atoms with Gasteiger partial charge in [-0.1, -0.05) is 18.2 Å². The molecular formula is C11H11NO2. The zero-order chi connectivity index (χ0) is 9.97. The van der Waals surface area contributed by atoms with Crippen LogP contribution in [0.5, 0.6) is 0 Å². The Kier molecular flexibility index (Phi) is 2.33. The molecule has 0 spiro atoms. The Hall–Kier alpha value is -1.61. The Labute approximate surface area is 81.7 Å². The number of fused-ring (bicyclic) bond motifs is 1. The number of carbonyl (C=O) groups is 1. The summed E-state index contributed by atoms with van der Waals surface area (Å²) in [5.74, 6) is 0.393. The molecule has 0 fully saturated rings. The van der Waals surface area contributed by atoms with Crippen LogP contribution in [0.25, 0.3) is 11.0 Å². The Morgan fingerprint density at radius 1 is 1.43 bits per heavy atom. The van der Waals surface area contributed by atoms with Crippen molar-refractivity contribution < 1.29 is 9.21 Å². The summed E-state index contributed by atoms with van der Waals surface area (Å²) >= 11 is 0. The number of nitrogens with one attached hydrogen (secondary N) is 1. The second kappa shape index (κ2) is 3.64. The first-order valence-corrected chi connectivity index (χ1v) is 4.47. The van der Waals surface area contributed by atoms with E-state index in [1.165, 1.54) is 0 Å². The van der Waals surface area contributed by atoms with Crippen molar-refractivity contribution in [3.8, 4) is 0 Å². The van der Waals surface area contributed by atoms with Crippen LogP contribution in [0.2, 0.25) is 0 Å². The minimum Gasteiger partial charge on any atom is -0.453 e. The monoisotopic (exact) mass is 189 g/mol.